The maximum atomic E-state index is 12.4. The molecule has 26 heavy (non-hydrogen) atoms. The molecule has 0 bridgehead atoms. The van der Waals surface area contributed by atoms with Crippen LogP contribution in [0.1, 0.15) is 37.0 Å². The van der Waals surface area contributed by atoms with Crippen molar-refractivity contribution in [3.63, 3.8) is 0 Å². The van der Waals surface area contributed by atoms with Crippen LogP contribution < -0.4 is 5.32 Å². The van der Waals surface area contributed by atoms with E-state index in [9.17, 15) is 4.79 Å². The molecule has 2 heterocycles. The van der Waals surface area contributed by atoms with Crippen molar-refractivity contribution in [3.05, 3.63) is 48.4 Å². The van der Waals surface area contributed by atoms with Crippen LogP contribution in [0, 0.1) is 5.92 Å². The summed E-state index contributed by atoms with van der Waals surface area (Å²) in [5.41, 5.74) is 0.892. The second kappa shape index (κ2) is 7.07. The van der Waals surface area contributed by atoms with Crippen molar-refractivity contribution in [2.75, 3.05) is 0 Å². The Morgan fingerprint density at radius 3 is 2.85 bits per heavy atom. The summed E-state index contributed by atoms with van der Waals surface area (Å²) in [4.78, 5) is 21.0. The van der Waals surface area contributed by atoms with E-state index in [0.29, 0.717) is 24.1 Å². The van der Waals surface area contributed by atoms with Gasteiger partial charge in [0.25, 0.3) is 0 Å². The predicted octanol–water partition coefficient (Wildman–Crippen LogP) is 2.07. The average Bonchev–Trinajstić information content (AvgIpc) is 3.24. The van der Waals surface area contributed by atoms with Crippen LogP contribution >= 0.6 is 0 Å². The van der Waals surface area contributed by atoms with E-state index in [4.69, 9.17) is 4.52 Å². The number of nitrogens with zero attached hydrogens (tertiary/aromatic N) is 5. The Labute approximate surface area is 150 Å². The summed E-state index contributed by atoms with van der Waals surface area (Å²) in [7, 11) is 1.84. The van der Waals surface area contributed by atoms with Gasteiger partial charge in [-0.05, 0) is 18.8 Å². The fourth-order valence-electron chi connectivity index (χ4n) is 2.94. The molecule has 1 aromatic carbocycles. The average molecular weight is 352 g/mol. The third kappa shape index (κ3) is 3.63. The lowest BCUT2D eigenvalue weighted by Gasteiger charge is -2.17. The van der Waals surface area contributed by atoms with Crippen LogP contribution in [-0.4, -0.2) is 30.8 Å². The van der Waals surface area contributed by atoms with Crippen LogP contribution in [0.4, 0.5) is 0 Å². The lowest BCUT2D eigenvalue weighted by atomic mass is 10.1. The van der Waals surface area contributed by atoms with E-state index in [1.54, 1.807) is 4.68 Å². The Hall–Kier alpha value is -3.03. The number of aryl methyl sites for hydroxylation is 2. The van der Waals surface area contributed by atoms with Crippen LogP contribution in [0.2, 0.25) is 0 Å². The summed E-state index contributed by atoms with van der Waals surface area (Å²) in [6.07, 6.45) is 4.41. The molecule has 1 atom stereocenters. The zero-order valence-corrected chi connectivity index (χ0v) is 14.5. The molecule has 0 aliphatic heterocycles. The molecule has 0 radical (unpaired) electrons. The molecular formula is C18H20N6O2. The second-order valence-electron chi connectivity index (χ2n) is 6.50. The fraction of sp³-hybridized carbons (Fsp3) is 0.389. The zero-order chi connectivity index (χ0) is 17.9. The third-order valence-electron chi connectivity index (χ3n) is 4.50. The van der Waals surface area contributed by atoms with E-state index in [0.717, 1.165) is 24.2 Å². The van der Waals surface area contributed by atoms with Crippen molar-refractivity contribution < 1.29 is 9.32 Å². The number of nitrogens with one attached hydrogen (secondary N) is 1. The number of hydrogen-bond acceptors (Lipinski definition) is 6. The highest BCUT2D eigenvalue weighted by Crippen LogP contribution is 2.40. The molecule has 1 amide bonds. The van der Waals surface area contributed by atoms with Gasteiger partial charge in [0.15, 0.2) is 0 Å². The number of benzene rings is 1. The topological polar surface area (TPSA) is 98.7 Å². The van der Waals surface area contributed by atoms with Crippen molar-refractivity contribution >= 4 is 5.91 Å². The number of hydrogen-bond donors (Lipinski definition) is 1. The zero-order valence-electron chi connectivity index (χ0n) is 14.5. The molecule has 0 spiro atoms. The monoisotopic (exact) mass is 352 g/mol. The first-order valence-corrected chi connectivity index (χ1v) is 8.72. The summed E-state index contributed by atoms with van der Waals surface area (Å²) in [5, 5.41) is 11.2. The smallest absolute Gasteiger partial charge is 0.227 e. The van der Waals surface area contributed by atoms with E-state index < -0.39 is 0 Å². The maximum Gasteiger partial charge on any atom is 0.227 e. The van der Waals surface area contributed by atoms with E-state index in [1.165, 1.54) is 6.33 Å². The first kappa shape index (κ1) is 16.4. The molecular weight excluding hydrogens is 332 g/mol. The summed E-state index contributed by atoms with van der Waals surface area (Å²) in [5.74, 6) is 2.18. The van der Waals surface area contributed by atoms with Gasteiger partial charge in [0, 0.05) is 25.5 Å². The molecule has 1 fully saturated rings. The Bertz CT molecular complexity index is 884. The Morgan fingerprint density at radius 2 is 2.15 bits per heavy atom. The van der Waals surface area contributed by atoms with Gasteiger partial charge in [-0.3, -0.25) is 9.48 Å². The molecule has 1 aliphatic rings. The van der Waals surface area contributed by atoms with Crippen molar-refractivity contribution in [2.24, 2.45) is 13.0 Å². The fourth-order valence-corrected chi connectivity index (χ4v) is 2.94. The van der Waals surface area contributed by atoms with E-state index in [-0.39, 0.29) is 18.4 Å². The number of rotatable bonds is 7. The standard InChI is InChI=1S/C18H20N6O2/c1-24-18(19-11-20-24)16(12-7-8-12)21-14(25)9-10-15-22-17(23-26-15)13-5-3-2-4-6-13/h2-6,11-12,16H,7-10H2,1H3,(H,21,25)/t16-/m0/s1. The quantitative estimate of drug-likeness (QED) is 0.699. The molecule has 0 unspecified atom stereocenters. The molecule has 2 aromatic heterocycles. The Morgan fingerprint density at radius 1 is 1.35 bits per heavy atom. The van der Waals surface area contributed by atoms with Crippen LogP contribution in [0.25, 0.3) is 11.4 Å². The lowest BCUT2D eigenvalue weighted by Crippen LogP contribution is -2.32. The first-order chi connectivity index (χ1) is 12.7. The van der Waals surface area contributed by atoms with Crippen molar-refractivity contribution in [2.45, 2.75) is 31.7 Å². The van der Waals surface area contributed by atoms with Gasteiger partial charge >= 0.3 is 0 Å². The van der Waals surface area contributed by atoms with Gasteiger partial charge in [0.1, 0.15) is 12.2 Å². The van der Waals surface area contributed by atoms with Gasteiger partial charge < -0.3 is 9.84 Å². The third-order valence-corrected chi connectivity index (χ3v) is 4.50. The normalized spacial score (nSPS) is 15.0. The minimum Gasteiger partial charge on any atom is -0.346 e. The van der Waals surface area contributed by atoms with Crippen LogP contribution in [0.3, 0.4) is 0 Å². The van der Waals surface area contributed by atoms with Gasteiger partial charge in [0.05, 0.1) is 6.04 Å². The molecule has 134 valence electrons. The molecule has 1 saturated carbocycles. The second-order valence-corrected chi connectivity index (χ2v) is 6.50. The summed E-state index contributed by atoms with van der Waals surface area (Å²) >= 11 is 0. The van der Waals surface area contributed by atoms with Crippen molar-refractivity contribution in [1.29, 1.82) is 0 Å². The van der Waals surface area contributed by atoms with Gasteiger partial charge in [-0.2, -0.15) is 10.1 Å². The number of amides is 1. The number of carbonyl (C=O) groups is 1. The van der Waals surface area contributed by atoms with Crippen LogP contribution in [-0.2, 0) is 18.3 Å². The number of carbonyl (C=O) groups excluding carboxylic acids is 1. The van der Waals surface area contributed by atoms with E-state index in [1.807, 2.05) is 37.4 Å². The van der Waals surface area contributed by atoms with Crippen LogP contribution in [0.5, 0.6) is 0 Å². The highest BCUT2D eigenvalue weighted by Gasteiger charge is 2.36. The van der Waals surface area contributed by atoms with Gasteiger partial charge in [-0.25, -0.2) is 4.98 Å². The molecule has 0 saturated heterocycles. The number of aromatic nitrogens is 5. The van der Waals surface area contributed by atoms with E-state index >= 15 is 0 Å². The molecule has 1 aliphatic carbocycles. The predicted molar refractivity (Wildman–Crippen MR) is 92.7 cm³/mol. The molecule has 3 aromatic rings. The Balaban J connectivity index is 1.35. The molecule has 1 N–H and O–H groups in total. The highest BCUT2D eigenvalue weighted by molar-refractivity contribution is 5.76. The molecule has 8 heteroatoms. The summed E-state index contributed by atoms with van der Waals surface area (Å²) < 4.78 is 6.97. The van der Waals surface area contributed by atoms with Crippen molar-refractivity contribution in [1.82, 2.24) is 30.2 Å². The first-order valence-electron chi connectivity index (χ1n) is 8.72. The Kier molecular flexibility index (Phi) is 4.47. The van der Waals surface area contributed by atoms with Gasteiger partial charge in [-0.1, -0.05) is 35.5 Å². The van der Waals surface area contributed by atoms with Gasteiger partial charge in [-0.15, -0.1) is 0 Å². The SMILES string of the molecule is Cn1ncnc1[C@@H](NC(=O)CCc1nc(-c2ccccc2)no1)C1CC1. The maximum absolute atomic E-state index is 12.4. The summed E-state index contributed by atoms with van der Waals surface area (Å²) in [6.45, 7) is 0. The van der Waals surface area contributed by atoms with Crippen LogP contribution in [0.15, 0.2) is 41.2 Å². The summed E-state index contributed by atoms with van der Waals surface area (Å²) in [6, 6.07) is 9.53. The lowest BCUT2D eigenvalue weighted by molar-refractivity contribution is -0.122. The molecule has 8 nitrogen and oxygen atoms in total. The minimum absolute atomic E-state index is 0.0515. The van der Waals surface area contributed by atoms with E-state index in [2.05, 4.69) is 25.5 Å². The largest absolute Gasteiger partial charge is 0.346 e. The minimum atomic E-state index is -0.0856. The van der Waals surface area contributed by atoms with Gasteiger partial charge in [0.2, 0.25) is 17.6 Å². The highest BCUT2D eigenvalue weighted by atomic mass is 16.5. The molecule has 4 rings (SSSR count). The van der Waals surface area contributed by atoms with Crippen molar-refractivity contribution in [3.8, 4) is 11.4 Å².